The van der Waals surface area contributed by atoms with E-state index in [2.05, 4.69) is 0 Å². The summed E-state index contributed by atoms with van der Waals surface area (Å²) in [6.07, 6.45) is 0.598. The maximum absolute atomic E-state index is 13.3. The fourth-order valence-corrected chi connectivity index (χ4v) is 1.94. The molecular formula is C15H11ClFNO. The van der Waals surface area contributed by atoms with Crippen LogP contribution in [0.1, 0.15) is 11.1 Å². The summed E-state index contributed by atoms with van der Waals surface area (Å²) in [5.74, 6) is -0.313. The number of rotatable bonds is 4. The first-order chi connectivity index (χ1) is 9.22. The maximum Gasteiger partial charge on any atom is 0.144 e. The fraction of sp³-hybridized carbons (Fsp3) is 0.133. The summed E-state index contributed by atoms with van der Waals surface area (Å²) in [6, 6.07) is 13.6. The maximum atomic E-state index is 13.3. The van der Waals surface area contributed by atoms with Crippen LogP contribution >= 0.6 is 11.6 Å². The Morgan fingerprint density at radius 3 is 2.68 bits per heavy atom. The number of nitrogens with zero attached hydrogens (tertiary/aromatic N) is 1. The number of hydrogen-bond donors (Lipinski definition) is 0. The molecule has 0 aromatic heterocycles. The van der Waals surface area contributed by atoms with Crippen LogP contribution in [-0.4, -0.2) is 6.61 Å². The molecule has 4 heteroatoms. The Hall–Kier alpha value is -2.05. The third kappa shape index (κ3) is 3.24. The van der Waals surface area contributed by atoms with Gasteiger partial charge in [0.15, 0.2) is 0 Å². The van der Waals surface area contributed by atoms with Gasteiger partial charge in [-0.1, -0.05) is 35.9 Å². The van der Waals surface area contributed by atoms with Crippen molar-refractivity contribution in [1.29, 1.82) is 5.26 Å². The molecule has 2 nitrogen and oxygen atoms in total. The van der Waals surface area contributed by atoms with Gasteiger partial charge in [0.25, 0.3) is 0 Å². The van der Waals surface area contributed by atoms with Gasteiger partial charge in [-0.05, 0) is 23.8 Å². The number of benzene rings is 2. The fourth-order valence-electron chi connectivity index (χ4n) is 1.71. The molecule has 0 saturated heterocycles. The predicted octanol–water partition coefficient (Wildman–Crippen LogP) is 3.97. The molecule has 19 heavy (non-hydrogen) atoms. The van der Waals surface area contributed by atoms with Gasteiger partial charge < -0.3 is 4.74 Å². The average molecular weight is 276 g/mol. The average Bonchev–Trinajstić information content (AvgIpc) is 2.41. The van der Waals surface area contributed by atoms with Gasteiger partial charge in [0.2, 0.25) is 0 Å². The minimum atomic E-state index is -0.572. The molecule has 0 fully saturated rings. The Morgan fingerprint density at radius 1 is 1.16 bits per heavy atom. The summed E-state index contributed by atoms with van der Waals surface area (Å²) >= 11 is 6.02. The van der Waals surface area contributed by atoms with E-state index in [1.165, 1.54) is 12.1 Å². The highest BCUT2D eigenvalue weighted by Gasteiger charge is 2.08. The smallest absolute Gasteiger partial charge is 0.144 e. The second-order valence-electron chi connectivity index (χ2n) is 3.91. The van der Waals surface area contributed by atoms with E-state index in [-0.39, 0.29) is 11.3 Å². The standard InChI is InChI=1S/C15H11ClFNO/c16-13-5-2-1-4-11(13)8-9-19-15-7-3-6-14(17)12(15)10-18/h1-7H,8-9H2. The Balaban J connectivity index is 2.03. The molecule has 0 heterocycles. The Bertz CT molecular complexity index is 622. The van der Waals surface area contributed by atoms with E-state index in [9.17, 15) is 4.39 Å². The van der Waals surface area contributed by atoms with Crippen molar-refractivity contribution in [2.45, 2.75) is 6.42 Å². The predicted molar refractivity (Wildman–Crippen MR) is 71.8 cm³/mol. The van der Waals surface area contributed by atoms with Crippen LogP contribution < -0.4 is 4.74 Å². The van der Waals surface area contributed by atoms with Crippen LogP contribution in [-0.2, 0) is 6.42 Å². The molecule has 2 rings (SSSR count). The lowest BCUT2D eigenvalue weighted by Crippen LogP contribution is -2.03. The minimum Gasteiger partial charge on any atom is -0.492 e. The van der Waals surface area contributed by atoms with E-state index < -0.39 is 5.82 Å². The van der Waals surface area contributed by atoms with Crippen molar-refractivity contribution in [3.63, 3.8) is 0 Å². The Kier molecular flexibility index (Phi) is 4.38. The molecule has 2 aromatic carbocycles. The van der Waals surface area contributed by atoms with Crippen molar-refractivity contribution < 1.29 is 9.13 Å². The number of nitriles is 1. The number of ether oxygens (including phenoxy) is 1. The van der Waals surface area contributed by atoms with E-state index >= 15 is 0 Å². The summed E-state index contributed by atoms with van der Waals surface area (Å²) in [7, 11) is 0. The van der Waals surface area contributed by atoms with E-state index in [0.717, 1.165) is 5.56 Å². The van der Waals surface area contributed by atoms with E-state index in [4.69, 9.17) is 21.6 Å². The number of hydrogen-bond acceptors (Lipinski definition) is 2. The first-order valence-electron chi connectivity index (χ1n) is 5.77. The second-order valence-corrected chi connectivity index (χ2v) is 4.32. The molecule has 0 spiro atoms. The lowest BCUT2D eigenvalue weighted by Gasteiger charge is -2.09. The van der Waals surface area contributed by atoms with Crippen LogP contribution in [0.4, 0.5) is 4.39 Å². The largest absolute Gasteiger partial charge is 0.492 e. The summed E-state index contributed by atoms with van der Waals surface area (Å²) in [5, 5.41) is 9.54. The molecule has 96 valence electrons. The molecule has 0 saturated carbocycles. The summed E-state index contributed by atoms with van der Waals surface area (Å²) in [5.41, 5.74) is 0.890. The van der Waals surface area contributed by atoms with Gasteiger partial charge in [-0.15, -0.1) is 0 Å². The molecule has 0 aliphatic carbocycles. The quantitative estimate of drug-likeness (QED) is 0.846. The molecule has 0 aliphatic heterocycles. The van der Waals surface area contributed by atoms with Gasteiger partial charge in [-0.25, -0.2) is 4.39 Å². The number of halogens is 2. The van der Waals surface area contributed by atoms with E-state index in [0.29, 0.717) is 18.1 Å². The highest BCUT2D eigenvalue weighted by molar-refractivity contribution is 6.31. The van der Waals surface area contributed by atoms with Gasteiger partial charge in [0.1, 0.15) is 23.2 Å². The highest BCUT2D eigenvalue weighted by Crippen LogP contribution is 2.21. The summed E-state index contributed by atoms with van der Waals surface area (Å²) in [6.45, 7) is 0.335. The second kappa shape index (κ2) is 6.21. The van der Waals surface area contributed by atoms with Gasteiger partial charge in [-0.2, -0.15) is 5.26 Å². The SMILES string of the molecule is N#Cc1c(F)cccc1OCCc1ccccc1Cl. The van der Waals surface area contributed by atoms with Crippen LogP contribution in [0.2, 0.25) is 5.02 Å². The van der Waals surface area contributed by atoms with Gasteiger partial charge in [0, 0.05) is 11.4 Å². The minimum absolute atomic E-state index is 0.0679. The first-order valence-corrected chi connectivity index (χ1v) is 6.15. The molecule has 2 aromatic rings. The van der Waals surface area contributed by atoms with Crippen LogP contribution in [0.3, 0.4) is 0 Å². The van der Waals surface area contributed by atoms with Crippen LogP contribution in [0.25, 0.3) is 0 Å². The van der Waals surface area contributed by atoms with Crippen LogP contribution in [0.15, 0.2) is 42.5 Å². The zero-order chi connectivity index (χ0) is 13.7. The lowest BCUT2D eigenvalue weighted by molar-refractivity contribution is 0.319. The van der Waals surface area contributed by atoms with Crippen LogP contribution in [0.5, 0.6) is 5.75 Å². The zero-order valence-electron chi connectivity index (χ0n) is 10.1. The van der Waals surface area contributed by atoms with Gasteiger partial charge >= 0.3 is 0 Å². The van der Waals surface area contributed by atoms with Crippen molar-refractivity contribution >= 4 is 11.6 Å². The molecule has 0 radical (unpaired) electrons. The molecular weight excluding hydrogens is 265 g/mol. The Morgan fingerprint density at radius 2 is 1.95 bits per heavy atom. The van der Waals surface area contributed by atoms with Crippen molar-refractivity contribution in [3.05, 3.63) is 64.4 Å². The Labute approximate surface area is 116 Å². The van der Waals surface area contributed by atoms with E-state index in [1.54, 1.807) is 18.2 Å². The summed E-state index contributed by atoms with van der Waals surface area (Å²) in [4.78, 5) is 0. The molecule has 0 N–H and O–H groups in total. The van der Waals surface area contributed by atoms with Crippen molar-refractivity contribution in [1.82, 2.24) is 0 Å². The molecule has 0 amide bonds. The first kappa shape index (κ1) is 13.4. The topological polar surface area (TPSA) is 33.0 Å². The van der Waals surface area contributed by atoms with E-state index in [1.807, 2.05) is 18.2 Å². The zero-order valence-corrected chi connectivity index (χ0v) is 10.8. The van der Waals surface area contributed by atoms with Gasteiger partial charge in [0.05, 0.1) is 6.61 Å². The molecule has 0 aliphatic rings. The molecule has 0 bridgehead atoms. The third-order valence-corrected chi connectivity index (χ3v) is 3.04. The van der Waals surface area contributed by atoms with Gasteiger partial charge in [-0.3, -0.25) is 0 Å². The third-order valence-electron chi connectivity index (χ3n) is 2.67. The van der Waals surface area contributed by atoms with Crippen molar-refractivity contribution in [2.24, 2.45) is 0 Å². The normalized spacial score (nSPS) is 9.95. The van der Waals surface area contributed by atoms with Crippen molar-refractivity contribution in [3.8, 4) is 11.8 Å². The lowest BCUT2D eigenvalue weighted by atomic mass is 10.1. The molecule has 0 unspecified atom stereocenters. The monoisotopic (exact) mass is 275 g/mol. The highest BCUT2D eigenvalue weighted by atomic mass is 35.5. The molecule has 0 atom stereocenters. The summed E-state index contributed by atoms with van der Waals surface area (Å²) < 4.78 is 18.8. The van der Waals surface area contributed by atoms with Crippen molar-refractivity contribution in [2.75, 3.05) is 6.61 Å². The van der Waals surface area contributed by atoms with Crippen LogP contribution in [0, 0.1) is 17.1 Å².